The number of allylic oxidation sites excluding steroid dienone is 1. The zero-order valence-corrected chi connectivity index (χ0v) is 9.35. The van der Waals surface area contributed by atoms with Crippen LogP contribution in [0.2, 0.25) is 0 Å². The van der Waals surface area contributed by atoms with E-state index in [0.29, 0.717) is 10.6 Å². The number of nitrogens with zero attached hydrogens (tertiary/aromatic N) is 1. The molecular weight excluding hydrogens is 249 g/mol. The van der Waals surface area contributed by atoms with Crippen molar-refractivity contribution in [2.45, 2.75) is 6.92 Å². The van der Waals surface area contributed by atoms with Gasteiger partial charge in [0.05, 0.1) is 11.1 Å². The topological polar surface area (TPSA) is 23.8 Å². The molecule has 0 radical (unpaired) electrons. The molecule has 0 N–H and O–H groups in total. The molecule has 1 aromatic carbocycles. The monoisotopic (exact) mass is 255 g/mol. The van der Waals surface area contributed by atoms with Crippen molar-refractivity contribution in [1.82, 2.24) is 0 Å². The Bertz CT molecular complexity index is 373. The molecule has 0 aliphatic heterocycles. The van der Waals surface area contributed by atoms with E-state index >= 15 is 0 Å². The van der Waals surface area contributed by atoms with E-state index in [1.165, 1.54) is 0 Å². The van der Waals surface area contributed by atoms with Gasteiger partial charge in [-0.2, -0.15) is 5.26 Å². The molecule has 3 heteroatoms. The van der Waals surface area contributed by atoms with Gasteiger partial charge in [-0.25, -0.2) is 0 Å². The third kappa shape index (κ3) is 2.58. The molecule has 0 spiro atoms. The van der Waals surface area contributed by atoms with E-state index in [2.05, 4.69) is 15.9 Å². The average molecular weight is 257 g/mol. The number of rotatable bonds is 1. The van der Waals surface area contributed by atoms with E-state index in [4.69, 9.17) is 16.9 Å². The number of hydrogen-bond acceptors (Lipinski definition) is 1. The molecule has 0 bridgehead atoms. The van der Waals surface area contributed by atoms with Gasteiger partial charge in [0, 0.05) is 10.0 Å². The number of halogens is 2. The minimum Gasteiger partial charge on any atom is -0.193 e. The fourth-order valence-corrected chi connectivity index (χ4v) is 1.29. The highest BCUT2D eigenvalue weighted by Gasteiger charge is 2.01. The molecule has 0 unspecified atom stereocenters. The highest BCUT2D eigenvalue weighted by Crippen LogP contribution is 2.23. The van der Waals surface area contributed by atoms with E-state index in [1.54, 1.807) is 6.92 Å². The maximum absolute atomic E-state index is 8.62. The van der Waals surface area contributed by atoms with Crippen molar-refractivity contribution in [3.8, 4) is 6.07 Å². The first kappa shape index (κ1) is 10.3. The summed E-state index contributed by atoms with van der Waals surface area (Å²) in [6, 6.07) is 9.53. The Morgan fingerprint density at radius 1 is 1.38 bits per heavy atom. The maximum atomic E-state index is 8.62. The van der Waals surface area contributed by atoms with Gasteiger partial charge in [-0.05, 0) is 24.6 Å². The minimum absolute atomic E-state index is 0.509. The number of nitriles is 1. The van der Waals surface area contributed by atoms with Crippen LogP contribution in [0.15, 0.2) is 34.3 Å². The lowest BCUT2D eigenvalue weighted by molar-refractivity contribution is 1.45. The zero-order chi connectivity index (χ0) is 9.84. The van der Waals surface area contributed by atoms with Crippen molar-refractivity contribution in [3.05, 3.63) is 39.9 Å². The Balaban J connectivity index is 3.12. The molecule has 0 aliphatic rings. The van der Waals surface area contributed by atoms with Gasteiger partial charge in [0.15, 0.2) is 0 Å². The van der Waals surface area contributed by atoms with Gasteiger partial charge in [0.2, 0.25) is 0 Å². The summed E-state index contributed by atoms with van der Waals surface area (Å²) in [5, 5.41) is 9.13. The maximum Gasteiger partial charge on any atom is 0.0959 e. The summed E-state index contributed by atoms with van der Waals surface area (Å²) in [6.07, 6.45) is 0. The summed E-state index contributed by atoms with van der Waals surface area (Å²) in [7, 11) is 0. The second-order valence-corrected chi connectivity index (χ2v) is 3.85. The van der Waals surface area contributed by atoms with E-state index in [9.17, 15) is 0 Å². The molecule has 0 saturated heterocycles. The van der Waals surface area contributed by atoms with Crippen molar-refractivity contribution in [2.75, 3.05) is 0 Å². The first-order valence-electron chi connectivity index (χ1n) is 3.67. The van der Waals surface area contributed by atoms with Crippen molar-refractivity contribution < 1.29 is 0 Å². The Kier molecular flexibility index (Phi) is 3.53. The molecule has 0 amide bonds. The molecular formula is C10H7BrClN. The molecule has 0 fully saturated rings. The van der Waals surface area contributed by atoms with Gasteiger partial charge in [0.1, 0.15) is 0 Å². The van der Waals surface area contributed by atoms with Gasteiger partial charge in [-0.1, -0.05) is 39.7 Å². The van der Waals surface area contributed by atoms with E-state index < -0.39 is 0 Å². The number of hydrogen-bond donors (Lipinski definition) is 0. The van der Waals surface area contributed by atoms with Crippen LogP contribution in [-0.2, 0) is 0 Å². The zero-order valence-electron chi connectivity index (χ0n) is 7.01. The minimum atomic E-state index is 0.509. The van der Waals surface area contributed by atoms with Crippen molar-refractivity contribution in [2.24, 2.45) is 0 Å². The lowest BCUT2D eigenvalue weighted by Gasteiger charge is -1.99. The Labute approximate surface area is 90.8 Å². The first-order valence-corrected chi connectivity index (χ1v) is 4.84. The SMILES string of the molecule is C/C(C#N)=C(/Cl)c1ccc(Br)cc1. The van der Waals surface area contributed by atoms with Crippen LogP contribution in [0.3, 0.4) is 0 Å². The fourth-order valence-electron chi connectivity index (χ4n) is 0.862. The third-order valence-corrected chi connectivity index (χ3v) is 2.62. The average Bonchev–Trinajstić information content (AvgIpc) is 2.17. The van der Waals surface area contributed by atoms with Gasteiger partial charge in [0.25, 0.3) is 0 Å². The van der Waals surface area contributed by atoms with E-state index in [0.717, 1.165) is 10.0 Å². The van der Waals surface area contributed by atoms with Crippen LogP contribution >= 0.6 is 27.5 Å². The first-order chi connectivity index (χ1) is 6.15. The summed E-state index contributed by atoms with van der Waals surface area (Å²) in [5.41, 5.74) is 1.40. The summed E-state index contributed by atoms with van der Waals surface area (Å²) in [4.78, 5) is 0. The van der Waals surface area contributed by atoms with Crippen LogP contribution < -0.4 is 0 Å². The van der Waals surface area contributed by atoms with E-state index in [1.807, 2.05) is 30.3 Å². The van der Waals surface area contributed by atoms with Crippen LogP contribution in [-0.4, -0.2) is 0 Å². The quantitative estimate of drug-likeness (QED) is 0.698. The molecule has 0 atom stereocenters. The van der Waals surface area contributed by atoms with Gasteiger partial charge < -0.3 is 0 Å². The predicted octanol–water partition coefficient (Wildman–Crippen LogP) is 3.94. The molecule has 1 rings (SSSR count). The predicted molar refractivity (Wildman–Crippen MR) is 58.2 cm³/mol. The summed E-state index contributed by atoms with van der Waals surface area (Å²) >= 11 is 9.28. The van der Waals surface area contributed by atoms with Crippen LogP contribution in [0.5, 0.6) is 0 Å². The molecule has 1 aromatic rings. The number of benzene rings is 1. The van der Waals surface area contributed by atoms with Crippen LogP contribution in [0.4, 0.5) is 0 Å². The summed E-state index contributed by atoms with van der Waals surface area (Å²) in [6.45, 7) is 1.70. The highest BCUT2D eigenvalue weighted by molar-refractivity contribution is 9.10. The fraction of sp³-hybridized carbons (Fsp3) is 0.100. The Morgan fingerprint density at radius 2 is 1.92 bits per heavy atom. The Hall–Kier alpha value is -0.780. The van der Waals surface area contributed by atoms with Gasteiger partial charge in [-0.15, -0.1) is 0 Å². The van der Waals surface area contributed by atoms with Crippen molar-refractivity contribution in [1.29, 1.82) is 5.26 Å². The van der Waals surface area contributed by atoms with Gasteiger partial charge >= 0.3 is 0 Å². The molecule has 13 heavy (non-hydrogen) atoms. The molecule has 0 saturated carbocycles. The molecule has 66 valence electrons. The molecule has 1 nitrogen and oxygen atoms in total. The summed E-state index contributed by atoms with van der Waals surface area (Å²) in [5.74, 6) is 0. The lowest BCUT2D eigenvalue weighted by Crippen LogP contribution is -1.80. The third-order valence-electron chi connectivity index (χ3n) is 1.59. The van der Waals surface area contributed by atoms with Crippen LogP contribution in [0, 0.1) is 11.3 Å². The van der Waals surface area contributed by atoms with E-state index in [-0.39, 0.29) is 0 Å². The second kappa shape index (κ2) is 4.45. The lowest BCUT2D eigenvalue weighted by atomic mass is 10.1. The largest absolute Gasteiger partial charge is 0.193 e. The summed E-state index contributed by atoms with van der Waals surface area (Å²) < 4.78 is 0.996. The second-order valence-electron chi connectivity index (χ2n) is 2.56. The van der Waals surface area contributed by atoms with Gasteiger partial charge in [-0.3, -0.25) is 0 Å². The normalized spacial score (nSPS) is 11.8. The van der Waals surface area contributed by atoms with Crippen molar-refractivity contribution >= 4 is 32.6 Å². The molecule has 0 aliphatic carbocycles. The highest BCUT2D eigenvalue weighted by atomic mass is 79.9. The molecule has 0 heterocycles. The van der Waals surface area contributed by atoms with Crippen LogP contribution in [0.25, 0.3) is 5.03 Å². The Morgan fingerprint density at radius 3 is 2.38 bits per heavy atom. The standard InChI is InChI=1S/C10H7BrClN/c1-7(6-13)10(12)8-2-4-9(11)5-3-8/h2-5H,1H3/b10-7-. The van der Waals surface area contributed by atoms with Crippen molar-refractivity contribution in [3.63, 3.8) is 0 Å². The van der Waals surface area contributed by atoms with Crippen LogP contribution in [0.1, 0.15) is 12.5 Å². The smallest absolute Gasteiger partial charge is 0.0959 e. The molecule has 0 aromatic heterocycles.